The van der Waals surface area contributed by atoms with Gasteiger partial charge >= 0.3 is 6.03 Å². The molecule has 1 heterocycles. The van der Waals surface area contributed by atoms with E-state index >= 15 is 0 Å². The summed E-state index contributed by atoms with van der Waals surface area (Å²) in [5, 5.41) is 2.93. The van der Waals surface area contributed by atoms with Crippen molar-refractivity contribution >= 4 is 11.7 Å². The van der Waals surface area contributed by atoms with E-state index < -0.39 is 0 Å². The fourth-order valence-corrected chi connectivity index (χ4v) is 2.41. The number of benzene rings is 1. The number of morpholine rings is 1. The van der Waals surface area contributed by atoms with E-state index in [0.717, 1.165) is 31.9 Å². The van der Waals surface area contributed by atoms with E-state index in [9.17, 15) is 4.79 Å². The molecule has 0 unspecified atom stereocenters. The van der Waals surface area contributed by atoms with Crippen molar-refractivity contribution in [1.29, 1.82) is 0 Å². The Balaban J connectivity index is 1.86. The van der Waals surface area contributed by atoms with Gasteiger partial charge in [-0.1, -0.05) is 26.0 Å². The molecule has 0 bridgehead atoms. The Hall–Kier alpha value is -1.75. The fraction of sp³-hybridized carbons (Fsp3) is 0.588. The van der Waals surface area contributed by atoms with Crippen LogP contribution in [0.15, 0.2) is 24.3 Å². The van der Waals surface area contributed by atoms with Gasteiger partial charge in [-0.3, -0.25) is 0 Å². The van der Waals surface area contributed by atoms with Crippen molar-refractivity contribution < 1.29 is 9.53 Å². The maximum absolute atomic E-state index is 12.0. The average molecular weight is 305 g/mol. The molecule has 1 N–H and O–H groups in total. The van der Waals surface area contributed by atoms with Gasteiger partial charge in [0, 0.05) is 38.9 Å². The van der Waals surface area contributed by atoms with E-state index in [1.807, 2.05) is 7.05 Å². The molecule has 22 heavy (non-hydrogen) atoms. The molecule has 1 aromatic rings. The molecule has 2 rings (SSSR count). The molecule has 0 radical (unpaired) electrons. The number of carbonyl (C=O) groups excluding carboxylic acids is 1. The van der Waals surface area contributed by atoms with Gasteiger partial charge in [0.15, 0.2) is 0 Å². The van der Waals surface area contributed by atoms with Gasteiger partial charge in [0.05, 0.1) is 13.2 Å². The molecule has 2 amide bonds. The van der Waals surface area contributed by atoms with Gasteiger partial charge in [-0.2, -0.15) is 0 Å². The lowest BCUT2D eigenvalue weighted by molar-refractivity contribution is 0.122. The molecule has 5 nitrogen and oxygen atoms in total. The van der Waals surface area contributed by atoms with Crippen LogP contribution in [0.25, 0.3) is 0 Å². The first kappa shape index (κ1) is 16.6. The highest BCUT2D eigenvalue weighted by Crippen LogP contribution is 2.17. The topological polar surface area (TPSA) is 44.8 Å². The van der Waals surface area contributed by atoms with E-state index in [1.54, 1.807) is 4.90 Å². The number of hydrogen-bond acceptors (Lipinski definition) is 3. The quantitative estimate of drug-likeness (QED) is 0.908. The van der Waals surface area contributed by atoms with Crippen LogP contribution in [0.1, 0.15) is 19.4 Å². The summed E-state index contributed by atoms with van der Waals surface area (Å²) >= 11 is 0. The predicted octanol–water partition coefficient (Wildman–Crippen LogP) is 2.32. The first-order valence-corrected chi connectivity index (χ1v) is 7.97. The summed E-state index contributed by atoms with van der Waals surface area (Å²) in [5.74, 6) is 0.463. The average Bonchev–Trinajstić information content (AvgIpc) is 2.54. The van der Waals surface area contributed by atoms with E-state index in [1.165, 1.54) is 5.69 Å². The summed E-state index contributed by atoms with van der Waals surface area (Å²) < 4.78 is 5.37. The van der Waals surface area contributed by atoms with Crippen molar-refractivity contribution in [3.8, 4) is 0 Å². The van der Waals surface area contributed by atoms with E-state index in [-0.39, 0.29) is 6.03 Å². The molecule has 0 spiro atoms. The Labute approximate surface area is 133 Å². The molecule has 0 atom stereocenters. The number of hydrogen-bond donors (Lipinski definition) is 1. The summed E-state index contributed by atoms with van der Waals surface area (Å²) in [6, 6.07) is 8.42. The monoisotopic (exact) mass is 305 g/mol. The Morgan fingerprint density at radius 2 is 1.91 bits per heavy atom. The van der Waals surface area contributed by atoms with Crippen molar-refractivity contribution in [2.24, 2.45) is 5.92 Å². The number of ether oxygens (including phenoxy) is 1. The van der Waals surface area contributed by atoms with Gasteiger partial charge < -0.3 is 19.9 Å². The highest BCUT2D eigenvalue weighted by molar-refractivity contribution is 5.73. The molecule has 1 aromatic carbocycles. The summed E-state index contributed by atoms with van der Waals surface area (Å²) in [6.07, 6.45) is 0. The van der Waals surface area contributed by atoms with Crippen LogP contribution in [0.5, 0.6) is 0 Å². The zero-order chi connectivity index (χ0) is 15.9. The van der Waals surface area contributed by atoms with Gasteiger partial charge in [-0.05, 0) is 23.6 Å². The summed E-state index contributed by atoms with van der Waals surface area (Å²) in [7, 11) is 1.82. The Morgan fingerprint density at radius 1 is 1.27 bits per heavy atom. The molecule has 5 heteroatoms. The van der Waals surface area contributed by atoms with Crippen molar-refractivity contribution in [1.82, 2.24) is 10.2 Å². The summed E-state index contributed by atoms with van der Waals surface area (Å²) in [6.45, 7) is 8.97. The fourth-order valence-electron chi connectivity index (χ4n) is 2.41. The normalized spacial score (nSPS) is 15.0. The Bertz CT molecular complexity index is 467. The first-order valence-electron chi connectivity index (χ1n) is 7.97. The molecule has 122 valence electrons. The van der Waals surface area contributed by atoms with Crippen LogP contribution in [0, 0.1) is 5.92 Å². The van der Waals surface area contributed by atoms with Crippen molar-refractivity contribution in [2.45, 2.75) is 20.4 Å². The van der Waals surface area contributed by atoms with Crippen LogP contribution < -0.4 is 10.2 Å². The number of anilines is 1. The van der Waals surface area contributed by atoms with Gasteiger partial charge in [-0.25, -0.2) is 4.79 Å². The van der Waals surface area contributed by atoms with E-state index in [0.29, 0.717) is 19.0 Å². The smallest absolute Gasteiger partial charge is 0.317 e. The minimum Gasteiger partial charge on any atom is -0.378 e. The number of rotatable bonds is 5. The maximum atomic E-state index is 12.0. The molecule has 1 fully saturated rings. The highest BCUT2D eigenvalue weighted by Gasteiger charge is 2.12. The Kier molecular flexibility index (Phi) is 6.07. The zero-order valence-electron chi connectivity index (χ0n) is 13.8. The standard InChI is InChI=1S/C17H27N3O2/c1-14(2)12-18-17(21)19(3)13-15-4-6-16(7-5-15)20-8-10-22-11-9-20/h4-7,14H,8-13H2,1-3H3,(H,18,21). The zero-order valence-corrected chi connectivity index (χ0v) is 13.8. The van der Waals surface area contributed by atoms with Crippen molar-refractivity contribution in [3.63, 3.8) is 0 Å². The SMILES string of the molecule is CC(C)CNC(=O)N(C)Cc1ccc(N2CCOCC2)cc1. The highest BCUT2D eigenvalue weighted by atomic mass is 16.5. The van der Waals surface area contributed by atoms with Gasteiger partial charge in [0.2, 0.25) is 0 Å². The van der Waals surface area contributed by atoms with Crippen molar-refractivity contribution in [2.75, 3.05) is 44.8 Å². The third-order valence-corrected chi connectivity index (χ3v) is 3.74. The molecular formula is C17H27N3O2. The third-order valence-electron chi connectivity index (χ3n) is 3.74. The third kappa shape index (κ3) is 4.91. The van der Waals surface area contributed by atoms with E-state index in [2.05, 4.69) is 48.3 Å². The minimum atomic E-state index is -0.0223. The van der Waals surface area contributed by atoms with Gasteiger partial charge in [0.1, 0.15) is 0 Å². The molecule has 0 saturated carbocycles. The second-order valence-electron chi connectivity index (χ2n) is 6.20. The van der Waals surface area contributed by atoms with Gasteiger partial charge in [0.25, 0.3) is 0 Å². The largest absolute Gasteiger partial charge is 0.378 e. The number of nitrogens with one attached hydrogen (secondary N) is 1. The van der Waals surface area contributed by atoms with Gasteiger partial charge in [-0.15, -0.1) is 0 Å². The molecule has 1 aliphatic heterocycles. The number of carbonyl (C=O) groups is 1. The van der Waals surface area contributed by atoms with Crippen LogP contribution >= 0.6 is 0 Å². The number of urea groups is 1. The maximum Gasteiger partial charge on any atom is 0.317 e. The molecule has 0 aromatic heterocycles. The summed E-state index contributed by atoms with van der Waals surface area (Å²) in [4.78, 5) is 16.0. The lowest BCUT2D eigenvalue weighted by atomic mass is 10.2. The lowest BCUT2D eigenvalue weighted by Crippen LogP contribution is -2.38. The molecular weight excluding hydrogens is 278 g/mol. The lowest BCUT2D eigenvalue weighted by Gasteiger charge is -2.29. The molecule has 0 aliphatic carbocycles. The second kappa shape index (κ2) is 8.03. The van der Waals surface area contributed by atoms with Crippen LogP contribution in [-0.2, 0) is 11.3 Å². The second-order valence-corrected chi connectivity index (χ2v) is 6.20. The molecule has 1 aliphatic rings. The molecule has 1 saturated heterocycles. The van der Waals surface area contributed by atoms with Crippen molar-refractivity contribution in [3.05, 3.63) is 29.8 Å². The number of amides is 2. The van der Waals surface area contributed by atoms with Crippen LogP contribution in [0.4, 0.5) is 10.5 Å². The van der Waals surface area contributed by atoms with Crippen LogP contribution in [0.2, 0.25) is 0 Å². The number of nitrogens with zero attached hydrogens (tertiary/aromatic N) is 2. The Morgan fingerprint density at radius 3 is 2.50 bits per heavy atom. The van der Waals surface area contributed by atoms with Crippen LogP contribution in [0.3, 0.4) is 0 Å². The minimum absolute atomic E-state index is 0.0223. The predicted molar refractivity (Wildman–Crippen MR) is 89.2 cm³/mol. The summed E-state index contributed by atoms with van der Waals surface area (Å²) in [5.41, 5.74) is 2.36. The van der Waals surface area contributed by atoms with E-state index in [4.69, 9.17) is 4.74 Å². The first-order chi connectivity index (χ1) is 10.6. The van der Waals surface area contributed by atoms with Crippen LogP contribution in [-0.4, -0.2) is 50.8 Å².